The van der Waals surface area contributed by atoms with Gasteiger partial charge in [0.2, 0.25) is 0 Å². The zero-order valence-electron chi connectivity index (χ0n) is 9.61. The number of anilines is 1. The van der Waals surface area contributed by atoms with E-state index in [-0.39, 0.29) is 17.1 Å². The molecule has 1 aromatic carbocycles. The molecule has 19 heavy (non-hydrogen) atoms. The van der Waals surface area contributed by atoms with Gasteiger partial charge in [-0.2, -0.15) is 0 Å². The molecule has 0 aliphatic carbocycles. The zero-order valence-corrected chi connectivity index (χ0v) is 10.4. The lowest BCUT2D eigenvalue weighted by molar-refractivity contribution is -0.393. The van der Waals surface area contributed by atoms with E-state index in [4.69, 9.17) is 0 Å². The first kappa shape index (κ1) is 13.0. The predicted molar refractivity (Wildman–Crippen MR) is 71.4 cm³/mol. The number of nitro groups is 2. The van der Waals surface area contributed by atoms with Crippen LogP contribution < -0.4 is 5.32 Å². The van der Waals surface area contributed by atoms with Gasteiger partial charge in [0.15, 0.2) is 0 Å². The second kappa shape index (κ2) is 5.44. The van der Waals surface area contributed by atoms with Crippen molar-refractivity contribution in [1.82, 2.24) is 0 Å². The minimum absolute atomic E-state index is 0.268. The fraction of sp³-hybridized carbons (Fsp3) is 0.0909. The molecule has 98 valence electrons. The third kappa shape index (κ3) is 3.05. The molecule has 1 aromatic heterocycles. The second-order valence-corrected chi connectivity index (χ2v) is 4.68. The van der Waals surface area contributed by atoms with E-state index in [1.807, 2.05) is 17.5 Å². The van der Waals surface area contributed by atoms with E-state index in [2.05, 4.69) is 5.32 Å². The minimum atomic E-state index is -0.657. The smallest absolute Gasteiger partial charge is 0.299 e. The average Bonchev–Trinajstić information content (AvgIpc) is 2.89. The Morgan fingerprint density at radius 3 is 2.53 bits per heavy atom. The Labute approximate surface area is 111 Å². The van der Waals surface area contributed by atoms with Crippen LogP contribution >= 0.6 is 11.3 Å². The van der Waals surface area contributed by atoms with E-state index in [1.54, 1.807) is 0 Å². The van der Waals surface area contributed by atoms with Crippen LogP contribution in [0.25, 0.3) is 0 Å². The molecule has 0 radical (unpaired) electrons. The van der Waals surface area contributed by atoms with Gasteiger partial charge in [-0.05, 0) is 17.5 Å². The van der Waals surface area contributed by atoms with Crippen molar-refractivity contribution in [1.29, 1.82) is 0 Å². The van der Waals surface area contributed by atoms with E-state index < -0.39 is 9.85 Å². The third-order valence-corrected chi connectivity index (χ3v) is 3.30. The third-order valence-electron chi connectivity index (χ3n) is 2.42. The second-order valence-electron chi connectivity index (χ2n) is 3.65. The molecule has 0 saturated carbocycles. The molecule has 1 heterocycles. The summed E-state index contributed by atoms with van der Waals surface area (Å²) in [5, 5.41) is 26.3. The van der Waals surface area contributed by atoms with Gasteiger partial charge >= 0.3 is 0 Å². The van der Waals surface area contributed by atoms with Crippen LogP contribution in [-0.2, 0) is 6.54 Å². The number of nitrogens with one attached hydrogen (secondary N) is 1. The van der Waals surface area contributed by atoms with Crippen molar-refractivity contribution >= 4 is 28.4 Å². The van der Waals surface area contributed by atoms with Gasteiger partial charge in [0.25, 0.3) is 11.4 Å². The number of hydrogen-bond donors (Lipinski definition) is 1. The van der Waals surface area contributed by atoms with Crippen LogP contribution in [0.2, 0.25) is 0 Å². The average molecular weight is 279 g/mol. The Hall–Kier alpha value is -2.48. The molecule has 0 aliphatic rings. The molecule has 0 spiro atoms. The summed E-state index contributed by atoms with van der Waals surface area (Å²) >= 11 is 1.52. The lowest BCUT2D eigenvalue weighted by Crippen LogP contribution is -2.02. The molecule has 0 bridgehead atoms. The molecule has 2 rings (SSSR count). The molecular weight excluding hydrogens is 270 g/mol. The molecular formula is C11H9N3O4S. The topological polar surface area (TPSA) is 98.3 Å². The van der Waals surface area contributed by atoms with E-state index in [9.17, 15) is 20.2 Å². The highest BCUT2D eigenvalue weighted by Gasteiger charge is 2.19. The quantitative estimate of drug-likeness (QED) is 0.669. The number of hydrogen-bond acceptors (Lipinski definition) is 6. The maximum absolute atomic E-state index is 10.9. The standard InChI is InChI=1S/C11H9N3O4S/c15-13(16)8-3-4-10(11(6-8)14(17)18)12-7-9-2-1-5-19-9/h1-6,12H,7H2. The summed E-state index contributed by atoms with van der Waals surface area (Å²) in [6.45, 7) is 0.441. The van der Waals surface area contributed by atoms with Crippen molar-refractivity contribution in [3.63, 3.8) is 0 Å². The van der Waals surface area contributed by atoms with E-state index in [1.165, 1.54) is 23.5 Å². The molecule has 0 aliphatic heterocycles. The lowest BCUT2D eigenvalue weighted by Gasteiger charge is -2.05. The van der Waals surface area contributed by atoms with E-state index in [0.717, 1.165) is 10.9 Å². The molecule has 0 fully saturated rings. The van der Waals surface area contributed by atoms with Crippen LogP contribution in [0, 0.1) is 20.2 Å². The first-order chi connectivity index (χ1) is 9.08. The molecule has 7 nitrogen and oxygen atoms in total. The van der Waals surface area contributed by atoms with Gasteiger partial charge in [0, 0.05) is 17.5 Å². The van der Waals surface area contributed by atoms with Crippen molar-refractivity contribution in [3.05, 3.63) is 60.8 Å². The highest BCUT2D eigenvalue weighted by Crippen LogP contribution is 2.29. The number of benzene rings is 1. The number of rotatable bonds is 5. The van der Waals surface area contributed by atoms with Gasteiger partial charge in [-0.1, -0.05) is 6.07 Å². The Morgan fingerprint density at radius 1 is 1.16 bits per heavy atom. The predicted octanol–water partition coefficient (Wildman–Crippen LogP) is 3.18. The van der Waals surface area contributed by atoms with Crippen LogP contribution in [0.3, 0.4) is 0 Å². The van der Waals surface area contributed by atoms with Crippen molar-refractivity contribution < 1.29 is 9.85 Å². The molecule has 2 aromatic rings. The summed E-state index contributed by atoms with van der Waals surface area (Å²) in [7, 11) is 0. The molecule has 0 unspecified atom stereocenters. The molecule has 0 atom stereocenters. The van der Waals surface area contributed by atoms with Gasteiger partial charge in [-0.15, -0.1) is 11.3 Å². The van der Waals surface area contributed by atoms with Gasteiger partial charge < -0.3 is 5.32 Å². The zero-order chi connectivity index (χ0) is 13.8. The van der Waals surface area contributed by atoms with Gasteiger partial charge in [0.05, 0.1) is 15.9 Å². The Balaban J connectivity index is 2.24. The van der Waals surface area contributed by atoms with Crippen molar-refractivity contribution in [3.8, 4) is 0 Å². The van der Waals surface area contributed by atoms with Gasteiger partial charge in [0.1, 0.15) is 5.69 Å². The maximum Gasteiger partial charge on any atom is 0.299 e. The van der Waals surface area contributed by atoms with Crippen LogP contribution in [0.5, 0.6) is 0 Å². The van der Waals surface area contributed by atoms with Crippen LogP contribution in [0.4, 0.5) is 17.1 Å². The molecule has 8 heteroatoms. The highest BCUT2D eigenvalue weighted by molar-refractivity contribution is 7.09. The van der Waals surface area contributed by atoms with Crippen LogP contribution in [-0.4, -0.2) is 9.85 Å². The summed E-state index contributed by atoms with van der Waals surface area (Å²) < 4.78 is 0. The number of non-ortho nitro benzene ring substituents is 1. The van der Waals surface area contributed by atoms with Crippen molar-refractivity contribution in [2.75, 3.05) is 5.32 Å². The number of nitro benzene ring substituents is 2. The normalized spacial score (nSPS) is 10.1. The highest BCUT2D eigenvalue weighted by atomic mass is 32.1. The first-order valence-electron chi connectivity index (χ1n) is 5.27. The van der Waals surface area contributed by atoms with E-state index >= 15 is 0 Å². The minimum Gasteiger partial charge on any atom is -0.375 e. The summed E-state index contributed by atoms with van der Waals surface area (Å²) in [4.78, 5) is 21.2. The van der Waals surface area contributed by atoms with Gasteiger partial charge in [-0.25, -0.2) is 0 Å². The molecule has 0 saturated heterocycles. The SMILES string of the molecule is O=[N+]([O-])c1ccc(NCc2cccs2)c([N+](=O)[O-])c1. The summed E-state index contributed by atoms with van der Waals surface area (Å²) in [6.07, 6.45) is 0. The van der Waals surface area contributed by atoms with Crippen molar-refractivity contribution in [2.24, 2.45) is 0 Å². The fourth-order valence-electron chi connectivity index (χ4n) is 1.53. The number of thiophene rings is 1. The van der Waals surface area contributed by atoms with Gasteiger partial charge in [-0.3, -0.25) is 20.2 Å². The first-order valence-corrected chi connectivity index (χ1v) is 6.15. The number of nitrogens with zero attached hydrogens (tertiary/aromatic N) is 2. The van der Waals surface area contributed by atoms with Crippen LogP contribution in [0.1, 0.15) is 4.88 Å². The maximum atomic E-state index is 10.9. The monoisotopic (exact) mass is 279 g/mol. The fourth-order valence-corrected chi connectivity index (χ4v) is 2.17. The summed E-state index contributed by atoms with van der Waals surface area (Å²) in [5.41, 5.74) is -0.330. The Morgan fingerprint density at radius 2 is 1.95 bits per heavy atom. The van der Waals surface area contributed by atoms with Crippen LogP contribution in [0.15, 0.2) is 35.7 Å². The largest absolute Gasteiger partial charge is 0.375 e. The Bertz CT molecular complexity index is 612. The molecule has 1 N–H and O–H groups in total. The van der Waals surface area contributed by atoms with Crippen molar-refractivity contribution in [2.45, 2.75) is 6.54 Å². The lowest BCUT2D eigenvalue weighted by atomic mass is 10.2. The summed E-state index contributed by atoms with van der Waals surface area (Å²) in [6, 6.07) is 7.32. The van der Waals surface area contributed by atoms with E-state index in [0.29, 0.717) is 6.54 Å². The Kier molecular flexibility index (Phi) is 3.71. The summed E-state index contributed by atoms with van der Waals surface area (Å²) in [5.74, 6) is 0. The molecule has 0 amide bonds.